The Bertz CT molecular complexity index is 361. The third kappa shape index (κ3) is 4.32. The monoisotopic (exact) mass is 260 g/mol. The fourth-order valence-electron chi connectivity index (χ4n) is 2.81. The summed E-state index contributed by atoms with van der Waals surface area (Å²) in [6.07, 6.45) is 3.83. The third-order valence-corrected chi connectivity index (χ3v) is 4.16. The van der Waals surface area contributed by atoms with E-state index >= 15 is 0 Å². The number of rotatable bonds is 4. The fraction of sp³-hybridized carbons (Fsp3) is 0.647. The van der Waals surface area contributed by atoms with E-state index in [-0.39, 0.29) is 0 Å². The first-order valence-electron chi connectivity index (χ1n) is 7.73. The second-order valence-corrected chi connectivity index (χ2v) is 6.09. The Morgan fingerprint density at radius 3 is 2.37 bits per heavy atom. The van der Waals surface area contributed by atoms with Gasteiger partial charge in [-0.05, 0) is 56.3 Å². The molecule has 2 unspecified atom stereocenters. The highest BCUT2D eigenvalue weighted by Crippen LogP contribution is 2.20. The van der Waals surface area contributed by atoms with E-state index < -0.39 is 0 Å². The second kappa shape index (κ2) is 7.06. The molecule has 1 aromatic carbocycles. The molecule has 0 bridgehead atoms. The molecule has 1 saturated heterocycles. The van der Waals surface area contributed by atoms with Gasteiger partial charge in [0.05, 0.1) is 0 Å². The minimum atomic E-state index is 0.448. The molecule has 2 heteroatoms. The quantitative estimate of drug-likeness (QED) is 0.864. The molecule has 0 spiro atoms. The highest BCUT2D eigenvalue weighted by atomic mass is 15.0. The molecule has 1 aromatic rings. The Morgan fingerprint density at radius 1 is 1.00 bits per heavy atom. The SMILES string of the molecule is CC(C)c1ccc(C(C)NC2CCCNCC2)cc1. The van der Waals surface area contributed by atoms with Gasteiger partial charge in [-0.2, -0.15) is 0 Å². The Kier molecular flexibility index (Phi) is 5.41. The van der Waals surface area contributed by atoms with Crippen molar-refractivity contribution in [2.24, 2.45) is 0 Å². The van der Waals surface area contributed by atoms with E-state index in [0.29, 0.717) is 18.0 Å². The highest BCUT2D eigenvalue weighted by Gasteiger charge is 2.15. The fourth-order valence-corrected chi connectivity index (χ4v) is 2.81. The number of hydrogen-bond donors (Lipinski definition) is 2. The van der Waals surface area contributed by atoms with Crippen LogP contribution in [-0.4, -0.2) is 19.1 Å². The van der Waals surface area contributed by atoms with E-state index in [1.807, 2.05) is 0 Å². The summed E-state index contributed by atoms with van der Waals surface area (Å²) >= 11 is 0. The predicted molar refractivity (Wildman–Crippen MR) is 82.6 cm³/mol. The average molecular weight is 260 g/mol. The molecule has 0 aliphatic carbocycles. The topological polar surface area (TPSA) is 24.1 Å². The molecule has 0 amide bonds. The lowest BCUT2D eigenvalue weighted by Gasteiger charge is -2.22. The van der Waals surface area contributed by atoms with Crippen molar-refractivity contribution in [2.75, 3.05) is 13.1 Å². The summed E-state index contributed by atoms with van der Waals surface area (Å²) in [4.78, 5) is 0. The molecule has 0 saturated carbocycles. The van der Waals surface area contributed by atoms with Crippen LogP contribution < -0.4 is 10.6 Å². The van der Waals surface area contributed by atoms with Crippen molar-refractivity contribution < 1.29 is 0 Å². The zero-order valence-corrected chi connectivity index (χ0v) is 12.6. The molecule has 1 aliphatic rings. The van der Waals surface area contributed by atoms with Gasteiger partial charge in [0, 0.05) is 12.1 Å². The summed E-state index contributed by atoms with van der Waals surface area (Å²) in [5.74, 6) is 0.616. The normalized spacial score (nSPS) is 22.2. The first-order valence-corrected chi connectivity index (χ1v) is 7.73. The summed E-state index contributed by atoms with van der Waals surface area (Å²) in [6, 6.07) is 10.2. The Balaban J connectivity index is 1.92. The van der Waals surface area contributed by atoms with E-state index in [0.717, 1.165) is 6.54 Å². The van der Waals surface area contributed by atoms with Crippen LogP contribution >= 0.6 is 0 Å². The van der Waals surface area contributed by atoms with Crippen LogP contribution in [0.3, 0.4) is 0 Å². The molecule has 0 radical (unpaired) electrons. The summed E-state index contributed by atoms with van der Waals surface area (Å²) in [5.41, 5.74) is 2.83. The van der Waals surface area contributed by atoms with E-state index in [9.17, 15) is 0 Å². The van der Waals surface area contributed by atoms with Crippen molar-refractivity contribution in [3.05, 3.63) is 35.4 Å². The lowest BCUT2D eigenvalue weighted by atomic mass is 9.99. The van der Waals surface area contributed by atoms with Crippen molar-refractivity contribution >= 4 is 0 Å². The van der Waals surface area contributed by atoms with Gasteiger partial charge >= 0.3 is 0 Å². The molecular formula is C17H28N2. The molecule has 2 rings (SSSR count). The minimum absolute atomic E-state index is 0.448. The van der Waals surface area contributed by atoms with Crippen LogP contribution in [0.2, 0.25) is 0 Å². The van der Waals surface area contributed by atoms with E-state index in [2.05, 4.69) is 55.7 Å². The van der Waals surface area contributed by atoms with Crippen LogP contribution in [0.25, 0.3) is 0 Å². The maximum atomic E-state index is 3.78. The van der Waals surface area contributed by atoms with Gasteiger partial charge in [-0.25, -0.2) is 0 Å². The van der Waals surface area contributed by atoms with Crippen LogP contribution in [0.4, 0.5) is 0 Å². The van der Waals surface area contributed by atoms with Gasteiger partial charge in [-0.15, -0.1) is 0 Å². The summed E-state index contributed by atoms with van der Waals surface area (Å²) in [5, 5.41) is 7.25. The van der Waals surface area contributed by atoms with E-state index in [1.165, 1.54) is 36.9 Å². The van der Waals surface area contributed by atoms with Crippen LogP contribution in [0, 0.1) is 0 Å². The molecule has 2 atom stereocenters. The smallest absolute Gasteiger partial charge is 0.0294 e. The van der Waals surface area contributed by atoms with Gasteiger partial charge in [-0.3, -0.25) is 0 Å². The number of hydrogen-bond acceptors (Lipinski definition) is 2. The summed E-state index contributed by atoms with van der Waals surface area (Å²) < 4.78 is 0. The molecule has 2 N–H and O–H groups in total. The van der Waals surface area contributed by atoms with Crippen molar-refractivity contribution in [3.63, 3.8) is 0 Å². The molecule has 1 heterocycles. The number of benzene rings is 1. The lowest BCUT2D eigenvalue weighted by molar-refractivity contribution is 0.421. The van der Waals surface area contributed by atoms with Crippen molar-refractivity contribution in [2.45, 2.75) is 58.0 Å². The second-order valence-electron chi connectivity index (χ2n) is 6.09. The predicted octanol–water partition coefficient (Wildman–Crippen LogP) is 3.60. The lowest BCUT2D eigenvalue weighted by Crippen LogP contribution is -2.32. The maximum Gasteiger partial charge on any atom is 0.0294 e. The third-order valence-electron chi connectivity index (χ3n) is 4.16. The minimum Gasteiger partial charge on any atom is -0.317 e. The zero-order chi connectivity index (χ0) is 13.7. The van der Waals surface area contributed by atoms with Crippen LogP contribution in [0.5, 0.6) is 0 Å². The Hall–Kier alpha value is -0.860. The first kappa shape index (κ1) is 14.5. The van der Waals surface area contributed by atoms with Gasteiger partial charge in [0.25, 0.3) is 0 Å². The summed E-state index contributed by atoms with van der Waals surface area (Å²) in [7, 11) is 0. The van der Waals surface area contributed by atoms with Crippen LogP contribution in [0.15, 0.2) is 24.3 Å². The Labute approximate surface area is 118 Å². The standard InChI is InChI=1S/C17H28N2/c1-13(2)15-6-8-16(9-7-15)14(3)19-17-5-4-11-18-12-10-17/h6-9,13-14,17-19H,4-5,10-12H2,1-3H3. The highest BCUT2D eigenvalue weighted by molar-refractivity contribution is 5.26. The molecule has 106 valence electrons. The van der Waals surface area contributed by atoms with E-state index in [1.54, 1.807) is 0 Å². The number of nitrogens with one attached hydrogen (secondary N) is 2. The van der Waals surface area contributed by atoms with Gasteiger partial charge < -0.3 is 10.6 Å². The van der Waals surface area contributed by atoms with Crippen molar-refractivity contribution in [1.82, 2.24) is 10.6 Å². The molecular weight excluding hydrogens is 232 g/mol. The molecule has 19 heavy (non-hydrogen) atoms. The van der Waals surface area contributed by atoms with Gasteiger partial charge in [-0.1, -0.05) is 38.1 Å². The molecule has 1 aliphatic heterocycles. The largest absolute Gasteiger partial charge is 0.317 e. The first-order chi connectivity index (χ1) is 9.16. The van der Waals surface area contributed by atoms with E-state index in [4.69, 9.17) is 0 Å². The molecule has 1 fully saturated rings. The molecule has 0 aromatic heterocycles. The van der Waals surface area contributed by atoms with Crippen LogP contribution in [0.1, 0.15) is 63.1 Å². The van der Waals surface area contributed by atoms with Crippen molar-refractivity contribution in [1.29, 1.82) is 0 Å². The van der Waals surface area contributed by atoms with Gasteiger partial charge in [0.2, 0.25) is 0 Å². The van der Waals surface area contributed by atoms with Gasteiger partial charge in [0.1, 0.15) is 0 Å². The van der Waals surface area contributed by atoms with Gasteiger partial charge in [0.15, 0.2) is 0 Å². The average Bonchev–Trinajstić information content (AvgIpc) is 2.67. The Morgan fingerprint density at radius 2 is 1.68 bits per heavy atom. The zero-order valence-electron chi connectivity index (χ0n) is 12.6. The van der Waals surface area contributed by atoms with Crippen molar-refractivity contribution in [3.8, 4) is 0 Å². The molecule has 2 nitrogen and oxygen atoms in total. The maximum absolute atomic E-state index is 3.78. The van der Waals surface area contributed by atoms with Crippen LogP contribution in [-0.2, 0) is 0 Å². The summed E-state index contributed by atoms with van der Waals surface area (Å²) in [6.45, 7) is 9.10.